The largest absolute Gasteiger partial charge is 0.396 e. The molecule has 2 unspecified atom stereocenters. The van der Waals surface area contributed by atoms with E-state index in [9.17, 15) is 4.79 Å². The van der Waals surface area contributed by atoms with Crippen molar-refractivity contribution in [2.24, 2.45) is 5.92 Å². The fraction of sp³-hybridized carbons (Fsp3) is 0.923. The van der Waals surface area contributed by atoms with Crippen LogP contribution in [0.4, 0.5) is 0 Å². The molecule has 0 aliphatic carbocycles. The highest BCUT2D eigenvalue weighted by molar-refractivity contribution is 5.81. The molecule has 0 aliphatic heterocycles. The summed E-state index contributed by atoms with van der Waals surface area (Å²) in [7, 11) is 1.65. The summed E-state index contributed by atoms with van der Waals surface area (Å²) < 4.78 is 4.91. The van der Waals surface area contributed by atoms with Crippen LogP contribution in [0.3, 0.4) is 0 Å². The molecule has 5 heteroatoms. The molecule has 0 rings (SSSR count). The summed E-state index contributed by atoms with van der Waals surface area (Å²) in [5, 5.41) is 15.0. The van der Waals surface area contributed by atoms with Gasteiger partial charge in [0.2, 0.25) is 5.91 Å². The molecule has 0 fully saturated rings. The Bertz CT molecular complexity index is 212. The van der Waals surface area contributed by atoms with Gasteiger partial charge in [0.1, 0.15) is 0 Å². The molecule has 0 heterocycles. The van der Waals surface area contributed by atoms with E-state index in [1.54, 1.807) is 7.11 Å². The summed E-state index contributed by atoms with van der Waals surface area (Å²) in [6.45, 7) is 6.24. The molecular weight excluding hydrogens is 232 g/mol. The first-order valence-corrected chi connectivity index (χ1v) is 6.76. The highest BCUT2D eigenvalue weighted by Gasteiger charge is 2.13. The number of hydrogen-bond donors (Lipinski definition) is 3. The van der Waals surface area contributed by atoms with Gasteiger partial charge < -0.3 is 20.5 Å². The van der Waals surface area contributed by atoms with Gasteiger partial charge in [-0.25, -0.2) is 0 Å². The van der Waals surface area contributed by atoms with Gasteiger partial charge in [0.25, 0.3) is 0 Å². The number of carbonyl (C=O) groups is 1. The van der Waals surface area contributed by atoms with Crippen molar-refractivity contribution in [2.45, 2.75) is 39.2 Å². The second kappa shape index (κ2) is 11.4. The van der Waals surface area contributed by atoms with Crippen LogP contribution in [-0.2, 0) is 9.53 Å². The van der Waals surface area contributed by atoms with Gasteiger partial charge in [0.05, 0.1) is 6.04 Å². The minimum Gasteiger partial charge on any atom is -0.396 e. The Morgan fingerprint density at radius 2 is 2.17 bits per heavy atom. The van der Waals surface area contributed by atoms with Crippen LogP contribution in [0.15, 0.2) is 0 Å². The highest BCUT2D eigenvalue weighted by Crippen LogP contribution is 2.05. The maximum atomic E-state index is 11.7. The number of methoxy groups -OCH3 is 1. The third-order valence-electron chi connectivity index (χ3n) is 3.05. The number of carbonyl (C=O) groups excluding carboxylic acids is 1. The first-order valence-electron chi connectivity index (χ1n) is 6.76. The Hall–Kier alpha value is -0.650. The molecule has 0 radical (unpaired) electrons. The fourth-order valence-electron chi connectivity index (χ4n) is 1.65. The monoisotopic (exact) mass is 260 g/mol. The van der Waals surface area contributed by atoms with Crippen LogP contribution in [0.1, 0.15) is 33.1 Å². The number of hydrogen-bond acceptors (Lipinski definition) is 4. The van der Waals surface area contributed by atoms with Crippen LogP contribution in [-0.4, -0.2) is 50.5 Å². The first-order chi connectivity index (χ1) is 8.65. The number of nitrogens with one attached hydrogen (secondary N) is 2. The average Bonchev–Trinajstić information content (AvgIpc) is 2.38. The van der Waals surface area contributed by atoms with Crippen molar-refractivity contribution in [1.82, 2.24) is 10.6 Å². The van der Waals surface area contributed by atoms with Crippen LogP contribution in [0.5, 0.6) is 0 Å². The summed E-state index contributed by atoms with van der Waals surface area (Å²) >= 11 is 0. The molecular formula is C13H28N2O3. The normalized spacial score (nSPS) is 14.2. The van der Waals surface area contributed by atoms with Crippen molar-refractivity contribution < 1.29 is 14.6 Å². The van der Waals surface area contributed by atoms with Gasteiger partial charge in [0.15, 0.2) is 0 Å². The molecule has 18 heavy (non-hydrogen) atoms. The van der Waals surface area contributed by atoms with E-state index >= 15 is 0 Å². The predicted octanol–water partition coefficient (Wildman–Crippen LogP) is 0.526. The lowest BCUT2D eigenvalue weighted by atomic mass is 10.0. The number of rotatable bonds is 11. The number of amides is 1. The van der Waals surface area contributed by atoms with Gasteiger partial charge in [-0.15, -0.1) is 0 Å². The van der Waals surface area contributed by atoms with E-state index in [1.807, 2.05) is 6.92 Å². The third kappa shape index (κ3) is 8.44. The maximum Gasteiger partial charge on any atom is 0.236 e. The summed E-state index contributed by atoms with van der Waals surface area (Å²) in [5.41, 5.74) is 0. The zero-order chi connectivity index (χ0) is 13.8. The van der Waals surface area contributed by atoms with Crippen LogP contribution in [0.2, 0.25) is 0 Å². The summed E-state index contributed by atoms with van der Waals surface area (Å²) in [5.74, 6) is 0.448. The fourth-order valence-corrected chi connectivity index (χ4v) is 1.65. The van der Waals surface area contributed by atoms with Crippen LogP contribution in [0.25, 0.3) is 0 Å². The SMILES string of the molecule is CCC(CCO)CNC(C)C(=O)NCCCOC. The Morgan fingerprint density at radius 1 is 1.44 bits per heavy atom. The van der Waals surface area contributed by atoms with Crippen molar-refractivity contribution in [2.75, 3.05) is 33.4 Å². The van der Waals surface area contributed by atoms with Crippen molar-refractivity contribution in [1.29, 1.82) is 0 Å². The van der Waals surface area contributed by atoms with Crippen molar-refractivity contribution >= 4 is 5.91 Å². The quantitative estimate of drug-likeness (QED) is 0.474. The minimum atomic E-state index is -0.194. The molecule has 2 atom stereocenters. The molecule has 0 saturated carbocycles. The van der Waals surface area contributed by atoms with Gasteiger partial charge in [-0.05, 0) is 32.2 Å². The number of aliphatic hydroxyl groups is 1. The lowest BCUT2D eigenvalue weighted by Gasteiger charge is -2.18. The van der Waals surface area contributed by atoms with Crippen LogP contribution < -0.4 is 10.6 Å². The molecule has 0 aromatic carbocycles. The molecule has 1 amide bonds. The Labute approximate surface area is 110 Å². The van der Waals surface area contributed by atoms with Gasteiger partial charge in [-0.2, -0.15) is 0 Å². The summed E-state index contributed by atoms with van der Waals surface area (Å²) in [6, 6.07) is -0.194. The Morgan fingerprint density at radius 3 is 2.72 bits per heavy atom. The minimum absolute atomic E-state index is 0.0185. The van der Waals surface area contributed by atoms with E-state index in [0.29, 0.717) is 19.1 Å². The average molecular weight is 260 g/mol. The first kappa shape index (κ1) is 17.4. The number of aliphatic hydroxyl groups excluding tert-OH is 1. The Kier molecular flexibility index (Phi) is 11.0. The van der Waals surface area contributed by atoms with Gasteiger partial charge in [0, 0.05) is 26.9 Å². The van der Waals surface area contributed by atoms with E-state index in [-0.39, 0.29) is 18.6 Å². The zero-order valence-corrected chi connectivity index (χ0v) is 11.9. The van der Waals surface area contributed by atoms with Crippen molar-refractivity contribution in [3.8, 4) is 0 Å². The molecule has 108 valence electrons. The lowest BCUT2D eigenvalue weighted by molar-refractivity contribution is -0.122. The maximum absolute atomic E-state index is 11.7. The summed E-state index contributed by atoms with van der Waals surface area (Å²) in [6.07, 6.45) is 2.62. The molecule has 0 aliphatic rings. The Balaban J connectivity index is 3.72. The lowest BCUT2D eigenvalue weighted by Crippen LogP contribution is -2.44. The molecule has 0 aromatic heterocycles. The molecule has 0 spiro atoms. The second-order valence-corrected chi connectivity index (χ2v) is 4.55. The summed E-state index contributed by atoms with van der Waals surface area (Å²) in [4.78, 5) is 11.7. The molecule has 0 saturated heterocycles. The molecule has 3 N–H and O–H groups in total. The van der Waals surface area contributed by atoms with Gasteiger partial charge >= 0.3 is 0 Å². The van der Waals surface area contributed by atoms with E-state index in [0.717, 1.165) is 25.8 Å². The highest BCUT2D eigenvalue weighted by atomic mass is 16.5. The molecule has 5 nitrogen and oxygen atoms in total. The zero-order valence-electron chi connectivity index (χ0n) is 11.9. The molecule has 0 bridgehead atoms. The van der Waals surface area contributed by atoms with Crippen LogP contribution >= 0.6 is 0 Å². The van der Waals surface area contributed by atoms with Gasteiger partial charge in [-0.3, -0.25) is 4.79 Å². The van der Waals surface area contributed by atoms with Crippen LogP contribution in [0, 0.1) is 5.92 Å². The van der Waals surface area contributed by atoms with Crippen molar-refractivity contribution in [3.63, 3.8) is 0 Å². The van der Waals surface area contributed by atoms with Gasteiger partial charge in [-0.1, -0.05) is 13.3 Å². The van der Waals surface area contributed by atoms with E-state index in [1.165, 1.54) is 0 Å². The van der Waals surface area contributed by atoms with Crippen molar-refractivity contribution in [3.05, 3.63) is 0 Å². The second-order valence-electron chi connectivity index (χ2n) is 4.55. The topological polar surface area (TPSA) is 70.6 Å². The third-order valence-corrected chi connectivity index (χ3v) is 3.05. The predicted molar refractivity (Wildman–Crippen MR) is 72.5 cm³/mol. The van der Waals surface area contributed by atoms with E-state index in [4.69, 9.17) is 9.84 Å². The standard InChI is InChI=1S/C13H28N2O3/c1-4-12(6-8-16)10-15-11(2)13(17)14-7-5-9-18-3/h11-12,15-16H,4-10H2,1-3H3,(H,14,17). The smallest absolute Gasteiger partial charge is 0.236 e. The number of ether oxygens (including phenoxy) is 1. The van der Waals surface area contributed by atoms with E-state index < -0.39 is 0 Å². The van der Waals surface area contributed by atoms with E-state index in [2.05, 4.69) is 17.6 Å². The molecule has 0 aromatic rings.